The van der Waals surface area contributed by atoms with E-state index in [1.54, 1.807) is 38.4 Å². The smallest absolute Gasteiger partial charge is 0.339 e. The number of methoxy groups -OCH3 is 1. The second-order valence-corrected chi connectivity index (χ2v) is 6.22. The predicted molar refractivity (Wildman–Crippen MR) is 96.3 cm³/mol. The van der Waals surface area contributed by atoms with Gasteiger partial charge in [0.2, 0.25) is 6.10 Å². The van der Waals surface area contributed by atoms with Crippen molar-refractivity contribution in [2.45, 2.75) is 6.10 Å². The van der Waals surface area contributed by atoms with Crippen molar-refractivity contribution in [2.75, 3.05) is 21.2 Å². The van der Waals surface area contributed by atoms with Crippen molar-refractivity contribution in [1.29, 1.82) is 0 Å². The molecule has 0 bridgehead atoms. The highest BCUT2D eigenvalue weighted by molar-refractivity contribution is 6.37. The summed E-state index contributed by atoms with van der Waals surface area (Å²) in [5.41, 5.74) is 0.698. The van der Waals surface area contributed by atoms with Crippen molar-refractivity contribution in [1.82, 2.24) is 4.90 Å². The Balaban J connectivity index is 2.33. The first-order valence-corrected chi connectivity index (χ1v) is 8.11. The first kappa shape index (κ1) is 19.1. The zero-order valence-electron chi connectivity index (χ0n) is 14.0. The molecule has 2 aromatic rings. The van der Waals surface area contributed by atoms with Crippen molar-refractivity contribution in [3.05, 3.63) is 63.6 Å². The predicted octanol–water partition coefficient (Wildman–Crippen LogP) is 3.99. The van der Waals surface area contributed by atoms with Crippen molar-refractivity contribution < 1.29 is 19.1 Å². The van der Waals surface area contributed by atoms with E-state index in [0.29, 0.717) is 5.56 Å². The van der Waals surface area contributed by atoms with Gasteiger partial charge in [-0.15, -0.1) is 0 Å². The Bertz CT molecular complexity index is 755. The molecule has 0 saturated carbocycles. The van der Waals surface area contributed by atoms with Gasteiger partial charge in [0.05, 0.1) is 22.7 Å². The van der Waals surface area contributed by atoms with Crippen LogP contribution in [-0.4, -0.2) is 38.0 Å². The summed E-state index contributed by atoms with van der Waals surface area (Å²) in [5.74, 6) is -0.801. The van der Waals surface area contributed by atoms with Gasteiger partial charge >= 0.3 is 5.97 Å². The lowest BCUT2D eigenvalue weighted by Crippen LogP contribution is -2.31. The third-order valence-corrected chi connectivity index (χ3v) is 3.99. The highest BCUT2D eigenvalue weighted by Crippen LogP contribution is 2.34. The summed E-state index contributed by atoms with van der Waals surface area (Å²) < 4.78 is 10.5. The summed E-state index contributed by atoms with van der Waals surface area (Å²) in [4.78, 5) is 26.3. The van der Waals surface area contributed by atoms with Crippen LogP contribution in [-0.2, 0) is 9.53 Å². The first-order chi connectivity index (χ1) is 11.8. The number of esters is 1. The Morgan fingerprint density at radius 3 is 2.08 bits per heavy atom. The lowest BCUT2D eigenvalue weighted by atomic mass is 10.1. The van der Waals surface area contributed by atoms with E-state index in [1.165, 1.54) is 24.1 Å². The maximum atomic E-state index is 12.5. The second-order valence-electron chi connectivity index (χ2n) is 5.40. The normalized spacial score (nSPS) is 11.6. The highest BCUT2D eigenvalue weighted by atomic mass is 35.5. The van der Waals surface area contributed by atoms with E-state index in [-0.39, 0.29) is 27.3 Å². The number of benzene rings is 2. The van der Waals surface area contributed by atoms with Crippen LogP contribution in [0, 0.1) is 0 Å². The van der Waals surface area contributed by atoms with Crippen molar-refractivity contribution in [2.24, 2.45) is 0 Å². The minimum absolute atomic E-state index is 0.128. The number of carbonyl (C=O) groups is 2. The molecule has 0 N–H and O–H groups in total. The average Bonchev–Trinajstić information content (AvgIpc) is 2.59. The number of halogens is 2. The van der Waals surface area contributed by atoms with Crippen LogP contribution >= 0.6 is 23.2 Å². The Kier molecular flexibility index (Phi) is 6.28. The standard InChI is InChI=1S/C18H17Cl2NO4/c1-21(2)17(22)15(11-7-5-4-6-8-11)25-18(23)12-9-13(19)16(24-3)14(20)10-12/h4-10,15H,1-3H3/t15-/m0/s1. The molecule has 7 heteroatoms. The van der Waals surface area contributed by atoms with Gasteiger partial charge in [-0.05, 0) is 12.1 Å². The summed E-state index contributed by atoms with van der Waals surface area (Å²) in [7, 11) is 4.60. The number of hydrogen-bond acceptors (Lipinski definition) is 4. The van der Waals surface area contributed by atoms with E-state index >= 15 is 0 Å². The Hall–Kier alpha value is -2.24. The van der Waals surface area contributed by atoms with Crippen LogP contribution in [0.25, 0.3) is 0 Å². The molecule has 132 valence electrons. The zero-order chi connectivity index (χ0) is 18.6. The molecule has 2 aromatic carbocycles. The van der Waals surface area contributed by atoms with Crippen LogP contribution in [0.3, 0.4) is 0 Å². The Labute approximate surface area is 156 Å². The van der Waals surface area contributed by atoms with Gasteiger partial charge in [0.15, 0.2) is 5.75 Å². The number of nitrogens with zero attached hydrogens (tertiary/aromatic N) is 1. The van der Waals surface area contributed by atoms with Crippen LogP contribution in [0.1, 0.15) is 22.0 Å². The zero-order valence-corrected chi connectivity index (χ0v) is 15.5. The summed E-state index contributed by atoms with van der Waals surface area (Å²) >= 11 is 12.1. The molecule has 0 spiro atoms. The quantitative estimate of drug-likeness (QED) is 0.734. The monoisotopic (exact) mass is 381 g/mol. The minimum Gasteiger partial charge on any atom is -0.494 e. The molecule has 0 aromatic heterocycles. The molecular formula is C18H17Cl2NO4. The van der Waals surface area contributed by atoms with E-state index in [0.717, 1.165) is 0 Å². The van der Waals surface area contributed by atoms with Crippen LogP contribution in [0.15, 0.2) is 42.5 Å². The van der Waals surface area contributed by atoms with E-state index < -0.39 is 12.1 Å². The van der Waals surface area contributed by atoms with Gasteiger partial charge in [-0.1, -0.05) is 53.5 Å². The van der Waals surface area contributed by atoms with Crippen molar-refractivity contribution in [3.8, 4) is 5.75 Å². The largest absolute Gasteiger partial charge is 0.494 e. The Morgan fingerprint density at radius 1 is 1.04 bits per heavy atom. The minimum atomic E-state index is -1.07. The second kappa shape index (κ2) is 8.23. The molecule has 1 atom stereocenters. The molecule has 0 aliphatic heterocycles. The summed E-state index contributed by atoms with van der Waals surface area (Å²) in [5, 5.41) is 0.356. The number of rotatable bonds is 5. The summed E-state index contributed by atoms with van der Waals surface area (Å²) in [6.07, 6.45) is -1.07. The van der Waals surface area contributed by atoms with E-state index in [1.807, 2.05) is 6.07 Å². The van der Waals surface area contributed by atoms with Crippen LogP contribution in [0.5, 0.6) is 5.75 Å². The number of likely N-dealkylation sites (N-methyl/N-ethyl adjacent to an activating group) is 1. The highest BCUT2D eigenvalue weighted by Gasteiger charge is 2.27. The van der Waals surface area contributed by atoms with Crippen molar-refractivity contribution >= 4 is 35.1 Å². The van der Waals surface area contributed by atoms with E-state index in [2.05, 4.69) is 0 Å². The van der Waals surface area contributed by atoms with Gasteiger partial charge in [-0.25, -0.2) is 4.79 Å². The summed E-state index contributed by atoms with van der Waals surface area (Å²) in [6, 6.07) is 11.5. The first-order valence-electron chi connectivity index (χ1n) is 7.35. The molecule has 0 unspecified atom stereocenters. The van der Waals surface area contributed by atoms with Crippen molar-refractivity contribution in [3.63, 3.8) is 0 Å². The molecule has 0 aliphatic rings. The van der Waals surface area contributed by atoms with Crippen LogP contribution < -0.4 is 4.74 Å². The molecule has 0 radical (unpaired) electrons. The molecule has 25 heavy (non-hydrogen) atoms. The topological polar surface area (TPSA) is 55.8 Å². The summed E-state index contributed by atoms with van der Waals surface area (Å²) in [6.45, 7) is 0. The maximum absolute atomic E-state index is 12.5. The van der Waals surface area contributed by atoms with Gasteiger partial charge in [0, 0.05) is 19.7 Å². The fraction of sp³-hybridized carbons (Fsp3) is 0.222. The SMILES string of the molecule is COc1c(Cl)cc(C(=O)O[C@H](C(=O)N(C)C)c2ccccc2)cc1Cl. The van der Waals surface area contributed by atoms with E-state index in [4.69, 9.17) is 32.7 Å². The van der Waals surface area contributed by atoms with E-state index in [9.17, 15) is 9.59 Å². The fourth-order valence-electron chi connectivity index (χ4n) is 2.17. The number of ether oxygens (including phenoxy) is 2. The molecule has 1 amide bonds. The van der Waals surface area contributed by atoms with Crippen LogP contribution in [0.4, 0.5) is 0 Å². The molecule has 0 aliphatic carbocycles. The Morgan fingerprint density at radius 2 is 1.60 bits per heavy atom. The third kappa shape index (κ3) is 4.44. The van der Waals surface area contributed by atoms with Gasteiger partial charge < -0.3 is 14.4 Å². The molecule has 0 heterocycles. The third-order valence-electron chi connectivity index (χ3n) is 3.43. The fourth-order valence-corrected chi connectivity index (χ4v) is 2.81. The van der Waals surface area contributed by atoms with Gasteiger partial charge in [-0.2, -0.15) is 0 Å². The van der Waals surface area contributed by atoms with Gasteiger partial charge in [0.25, 0.3) is 5.91 Å². The van der Waals surface area contributed by atoms with Gasteiger partial charge in [0.1, 0.15) is 0 Å². The number of hydrogen-bond donors (Lipinski definition) is 0. The molecule has 0 saturated heterocycles. The molecule has 0 fully saturated rings. The number of carbonyl (C=O) groups excluding carboxylic acids is 2. The maximum Gasteiger partial charge on any atom is 0.339 e. The molecule has 5 nitrogen and oxygen atoms in total. The average molecular weight is 382 g/mol. The number of amides is 1. The lowest BCUT2D eigenvalue weighted by molar-refractivity contribution is -0.138. The molecule has 2 rings (SSSR count). The van der Waals surface area contributed by atoms with Gasteiger partial charge in [-0.3, -0.25) is 4.79 Å². The van der Waals surface area contributed by atoms with Crippen LogP contribution in [0.2, 0.25) is 10.0 Å². The molecular weight excluding hydrogens is 365 g/mol. The lowest BCUT2D eigenvalue weighted by Gasteiger charge is -2.21.